The third kappa shape index (κ3) is 3.83. The molecule has 24 heavy (non-hydrogen) atoms. The molecule has 0 radical (unpaired) electrons. The van der Waals surface area contributed by atoms with E-state index < -0.39 is 10.8 Å². The van der Waals surface area contributed by atoms with Crippen molar-refractivity contribution in [3.05, 3.63) is 68.2 Å². The highest BCUT2D eigenvalue weighted by molar-refractivity contribution is 6.31. The molecule has 2 aromatic carbocycles. The van der Waals surface area contributed by atoms with Crippen LogP contribution in [0.2, 0.25) is 5.02 Å². The van der Waals surface area contributed by atoms with Crippen molar-refractivity contribution in [1.29, 1.82) is 0 Å². The van der Waals surface area contributed by atoms with Gasteiger partial charge in [0.05, 0.1) is 18.1 Å². The molecule has 2 rings (SSSR count). The lowest BCUT2D eigenvalue weighted by Crippen LogP contribution is -2.27. The fourth-order valence-corrected chi connectivity index (χ4v) is 2.56. The number of methoxy groups -OCH3 is 1. The first-order valence-corrected chi connectivity index (χ1v) is 7.60. The third-order valence-electron chi connectivity index (χ3n) is 3.60. The molecule has 7 heteroatoms. The summed E-state index contributed by atoms with van der Waals surface area (Å²) >= 11 is 5.77. The fourth-order valence-electron chi connectivity index (χ4n) is 2.39. The summed E-state index contributed by atoms with van der Waals surface area (Å²) in [5.74, 6) is 0.0911. The lowest BCUT2D eigenvalue weighted by atomic mass is 10.0. The summed E-state index contributed by atoms with van der Waals surface area (Å²) in [5, 5.41) is 14.1. The quantitative estimate of drug-likeness (QED) is 0.652. The lowest BCUT2D eigenvalue weighted by molar-refractivity contribution is -0.385. The van der Waals surface area contributed by atoms with Gasteiger partial charge in [-0.2, -0.15) is 0 Å². The van der Waals surface area contributed by atoms with Crippen LogP contribution in [0.15, 0.2) is 36.4 Å². The molecule has 0 saturated heterocycles. The smallest absolute Gasteiger partial charge is 0.283 e. The zero-order valence-corrected chi connectivity index (χ0v) is 14.3. The van der Waals surface area contributed by atoms with Gasteiger partial charge in [-0.15, -0.1) is 0 Å². The first-order chi connectivity index (χ1) is 11.3. The van der Waals surface area contributed by atoms with E-state index in [0.717, 1.165) is 17.2 Å². The molecule has 0 aliphatic heterocycles. The van der Waals surface area contributed by atoms with E-state index in [1.807, 2.05) is 25.1 Å². The summed E-state index contributed by atoms with van der Waals surface area (Å²) in [4.78, 5) is 23.0. The van der Waals surface area contributed by atoms with Crippen molar-refractivity contribution < 1.29 is 14.5 Å². The second-order valence-electron chi connectivity index (χ2n) is 5.36. The maximum absolute atomic E-state index is 12.5. The molecule has 0 fully saturated rings. The van der Waals surface area contributed by atoms with Gasteiger partial charge in [-0.05, 0) is 32.0 Å². The van der Waals surface area contributed by atoms with E-state index in [-0.39, 0.29) is 22.3 Å². The molecule has 126 valence electrons. The van der Waals surface area contributed by atoms with E-state index in [4.69, 9.17) is 16.3 Å². The highest BCUT2D eigenvalue weighted by atomic mass is 35.5. The molecular formula is C17H17ClN2O4. The lowest BCUT2D eigenvalue weighted by Gasteiger charge is -2.18. The zero-order valence-electron chi connectivity index (χ0n) is 13.5. The Hall–Kier alpha value is -2.60. The Morgan fingerprint density at radius 1 is 1.29 bits per heavy atom. The molecule has 6 nitrogen and oxygen atoms in total. The van der Waals surface area contributed by atoms with E-state index in [1.165, 1.54) is 12.1 Å². The number of benzene rings is 2. The van der Waals surface area contributed by atoms with Crippen molar-refractivity contribution >= 4 is 23.2 Å². The number of nitrogens with zero attached hydrogens (tertiary/aromatic N) is 1. The molecule has 0 unspecified atom stereocenters. The van der Waals surface area contributed by atoms with Crippen molar-refractivity contribution in [3.63, 3.8) is 0 Å². The standard InChI is InChI=1S/C17H17ClN2O4/c1-10-4-7-16(24-3)14(8-10)11(2)19-17(21)13-6-5-12(18)9-15(13)20(22)23/h4-9,11H,1-3H3,(H,19,21)/t11-/m0/s1. The van der Waals surface area contributed by atoms with Crippen LogP contribution in [0.4, 0.5) is 5.69 Å². The summed E-state index contributed by atoms with van der Waals surface area (Å²) in [6.45, 7) is 3.72. The van der Waals surface area contributed by atoms with E-state index in [1.54, 1.807) is 14.0 Å². The summed E-state index contributed by atoms with van der Waals surface area (Å²) in [7, 11) is 1.55. The average Bonchev–Trinajstić information content (AvgIpc) is 2.54. The number of hydrogen-bond donors (Lipinski definition) is 1. The number of aryl methyl sites for hydroxylation is 1. The van der Waals surface area contributed by atoms with Crippen LogP contribution < -0.4 is 10.1 Å². The Balaban J connectivity index is 2.30. The predicted octanol–water partition coefficient (Wildman–Crippen LogP) is 4.06. The molecule has 1 N–H and O–H groups in total. The molecule has 2 aromatic rings. The number of nitro benzene ring substituents is 1. The van der Waals surface area contributed by atoms with E-state index in [9.17, 15) is 14.9 Å². The first-order valence-electron chi connectivity index (χ1n) is 7.23. The summed E-state index contributed by atoms with van der Waals surface area (Å²) in [6, 6.07) is 9.19. The number of ether oxygens (including phenoxy) is 1. The largest absolute Gasteiger partial charge is 0.496 e. The van der Waals surface area contributed by atoms with Crippen LogP contribution in [0.1, 0.15) is 34.5 Å². The molecule has 0 aliphatic rings. The van der Waals surface area contributed by atoms with E-state index in [2.05, 4.69) is 5.32 Å². The van der Waals surface area contributed by atoms with Gasteiger partial charge in [-0.1, -0.05) is 29.3 Å². The minimum atomic E-state index is -0.626. The Labute approximate surface area is 144 Å². The average molecular weight is 349 g/mol. The second-order valence-corrected chi connectivity index (χ2v) is 5.80. The molecule has 0 saturated carbocycles. The Morgan fingerprint density at radius 2 is 2.00 bits per heavy atom. The van der Waals surface area contributed by atoms with Gasteiger partial charge >= 0.3 is 0 Å². The van der Waals surface area contributed by atoms with Gasteiger partial charge in [0, 0.05) is 16.7 Å². The summed E-state index contributed by atoms with van der Waals surface area (Å²) < 4.78 is 5.31. The highest BCUT2D eigenvalue weighted by Crippen LogP contribution is 2.28. The Kier molecular flexibility index (Phi) is 5.41. The number of rotatable bonds is 5. The van der Waals surface area contributed by atoms with Crippen molar-refractivity contribution in [2.75, 3.05) is 7.11 Å². The van der Waals surface area contributed by atoms with Gasteiger partial charge < -0.3 is 10.1 Å². The number of hydrogen-bond acceptors (Lipinski definition) is 4. The maximum Gasteiger partial charge on any atom is 0.283 e. The summed E-state index contributed by atoms with van der Waals surface area (Å²) in [6.07, 6.45) is 0. The fraction of sp³-hybridized carbons (Fsp3) is 0.235. The van der Waals surface area contributed by atoms with E-state index in [0.29, 0.717) is 5.75 Å². The van der Waals surface area contributed by atoms with Crippen LogP contribution in [0, 0.1) is 17.0 Å². The SMILES string of the molecule is COc1ccc(C)cc1[C@H](C)NC(=O)c1ccc(Cl)cc1[N+](=O)[O-]. The predicted molar refractivity (Wildman–Crippen MR) is 91.7 cm³/mol. The monoisotopic (exact) mass is 348 g/mol. The first kappa shape index (κ1) is 17.7. The van der Waals surface area contributed by atoms with Crippen molar-refractivity contribution in [2.45, 2.75) is 19.9 Å². The van der Waals surface area contributed by atoms with Crippen LogP contribution in [0.5, 0.6) is 5.75 Å². The Bertz CT molecular complexity index is 792. The summed E-state index contributed by atoms with van der Waals surface area (Å²) in [5.41, 5.74) is 1.44. The van der Waals surface area contributed by atoms with Gasteiger partial charge in [-0.25, -0.2) is 0 Å². The number of carbonyl (C=O) groups excluding carboxylic acids is 1. The van der Waals surface area contributed by atoms with Crippen LogP contribution in [-0.4, -0.2) is 17.9 Å². The van der Waals surface area contributed by atoms with Gasteiger partial charge in [0.15, 0.2) is 0 Å². The minimum absolute atomic E-state index is 0.0390. The molecule has 0 aliphatic carbocycles. The minimum Gasteiger partial charge on any atom is -0.496 e. The normalized spacial score (nSPS) is 11.7. The maximum atomic E-state index is 12.5. The second kappa shape index (κ2) is 7.31. The van der Waals surface area contributed by atoms with Gasteiger partial charge in [0.25, 0.3) is 11.6 Å². The number of halogens is 1. The molecule has 0 spiro atoms. The molecular weight excluding hydrogens is 332 g/mol. The van der Waals surface area contributed by atoms with Crippen molar-refractivity contribution in [1.82, 2.24) is 5.32 Å². The molecule has 0 heterocycles. The Morgan fingerprint density at radius 3 is 2.62 bits per heavy atom. The number of carbonyl (C=O) groups is 1. The van der Waals surface area contributed by atoms with Crippen molar-refractivity contribution in [3.8, 4) is 5.75 Å². The van der Waals surface area contributed by atoms with Crippen LogP contribution in [0.3, 0.4) is 0 Å². The third-order valence-corrected chi connectivity index (χ3v) is 3.84. The van der Waals surface area contributed by atoms with Crippen LogP contribution in [0.25, 0.3) is 0 Å². The van der Waals surface area contributed by atoms with Crippen LogP contribution >= 0.6 is 11.6 Å². The number of amides is 1. The molecule has 0 bridgehead atoms. The van der Waals surface area contributed by atoms with Crippen molar-refractivity contribution in [2.24, 2.45) is 0 Å². The zero-order chi connectivity index (χ0) is 17.9. The van der Waals surface area contributed by atoms with Crippen LogP contribution in [-0.2, 0) is 0 Å². The number of nitrogens with one attached hydrogen (secondary N) is 1. The molecule has 1 atom stereocenters. The molecule has 1 amide bonds. The van der Waals surface area contributed by atoms with E-state index >= 15 is 0 Å². The van der Waals surface area contributed by atoms with Gasteiger partial charge in [0.2, 0.25) is 0 Å². The molecule has 0 aromatic heterocycles. The highest BCUT2D eigenvalue weighted by Gasteiger charge is 2.23. The number of nitro groups is 1. The topological polar surface area (TPSA) is 81.5 Å². The van der Waals surface area contributed by atoms with Gasteiger partial charge in [-0.3, -0.25) is 14.9 Å². The van der Waals surface area contributed by atoms with Gasteiger partial charge in [0.1, 0.15) is 11.3 Å².